The third kappa shape index (κ3) is 3.50. The van der Waals surface area contributed by atoms with Crippen LogP contribution in [0.3, 0.4) is 0 Å². The van der Waals surface area contributed by atoms with Gasteiger partial charge in [0.15, 0.2) is 6.29 Å². The smallest absolute Gasteiger partial charge is 0.185 e. The van der Waals surface area contributed by atoms with Gasteiger partial charge in [-0.1, -0.05) is 0 Å². The van der Waals surface area contributed by atoms with E-state index in [2.05, 4.69) is 4.98 Å². The molecule has 0 fully saturated rings. The number of hydrogen-bond donors (Lipinski definition) is 1. The molecule has 0 amide bonds. The van der Waals surface area contributed by atoms with Gasteiger partial charge < -0.3 is 19.3 Å². The third-order valence-corrected chi connectivity index (χ3v) is 3.14. The lowest BCUT2D eigenvalue weighted by molar-refractivity contribution is -0.140. The van der Waals surface area contributed by atoms with Gasteiger partial charge in [-0.25, -0.2) is 0 Å². The Morgan fingerprint density at radius 1 is 1.14 bits per heavy atom. The molecule has 21 heavy (non-hydrogen) atoms. The molecular formula is C16H21NO4. The summed E-state index contributed by atoms with van der Waals surface area (Å²) in [6.45, 7) is 4.92. The zero-order chi connectivity index (χ0) is 15.2. The van der Waals surface area contributed by atoms with Crippen LogP contribution in [0.1, 0.15) is 31.3 Å². The number of aromatic nitrogens is 1. The van der Waals surface area contributed by atoms with Crippen LogP contribution in [0.15, 0.2) is 24.4 Å². The summed E-state index contributed by atoms with van der Waals surface area (Å²) >= 11 is 0. The van der Waals surface area contributed by atoms with E-state index in [4.69, 9.17) is 14.2 Å². The van der Waals surface area contributed by atoms with Crippen molar-refractivity contribution in [3.8, 4) is 5.75 Å². The Morgan fingerprint density at radius 3 is 2.43 bits per heavy atom. The molecule has 0 aliphatic rings. The Hall–Kier alpha value is -1.69. The standard InChI is InChI=1S/C16H21NO4/c1-4-20-16(21-5-2)13-8-12-6-11(10-18)7-14(19-3)15(12)17-9-13/h6-9,16,18H,4-5,10H2,1-3H3. The van der Waals surface area contributed by atoms with Crippen LogP contribution in [0.5, 0.6) is 5.75 Å². The highest BCUT2D eigenvalue weighted by molar-refractivity contribution is 5.85. The molecule has 0 saturated carbocycles. The Kier molecular flexibility index (Phi) is 5.50. The first-order valence-electron chi connectivity index (χ1n) is 7.04. The Labute approximate surface area is 124 Å². The molecule has 1 N–H and O–H groups in total. The van der Waals surface area contributed by atoms with Gasteiger partial charge >= 0.3 is 0 Å². The molecule has 0 radical (unpaired) electrons. The van der Waals surface area contributed by atoms with Crippen LogP contribution in [-0.4, -0.2) is 30.4 Å². The summed E-state index contributed by atoms with van der Waals surface area (Å²) < 4.78 is 16.5. The first kappa shape index (κ1) is 15.7. The molecule has 114 valence electrons. The molecule has 0 unspecified atom stereocenters. The average molecular weight is 291 g/mol. The number of ether oxygens (including phenoxy) is 3. The summed E-state index contributed by atoms with van der Waals surface area (Å²) in [5.74, 6) is 0.646. The van der Waals surface area contributed by atoms with Crippen LogP contribution in [-0.2, 0) is 16.1 Å². The highest BCUT2D eigenvalue weighted by Crippen LogP contribution is 2.29. The third-order valence-electron chi connectivity index (χ3n) is 3.14. The summed E-state index contributed by atoms with van der Waals surface area (Å²) in [6.07, 6.45) is 1.31. The number of hydrogen-bond acceptors (Lipinski definition) is 5. The number of aliphatic hydroxyl groups is 1. The topological polar surface area (TPSA) is 60.8 Å². The van der Waals surface area contributed by atoms with Gasteiger partial charge in [0, 0.05) is 30.4 Å². The summed E-state index contributed by atoms with van der Waals surface area (Å²) in [5.41, 5.74) is 2.39. The van der Waals surface area contributed by atoms with E-state index < -0.39 is 6.29 Å². The first-order chi connectivity index (χ1) is 10.2. The molecule has 5 heteroatoms. The molecule has 0 aliphatic carbocycles. The number of pyridine rings is 1. The van der Waals surface area contributed by atoms with Gasteiger partial charge in [0.2, 0.25) is 0 Å². The van der Waals surface area contributed by atoms with E-state index >= 15 is 0 Å². The normalized spacial score (nSPS) is 11.3. The zero-order valence-corrected chi connectivity index (χ0v) is 12.6. The number of benzene rings is 1. The summed E-state index contributed by atoms with van der Waals surface area (Å²) in [6, 6.07) is 5.64. The molecule has 5 nitrogen and oxygen atoms in total. The van der Waals surface area contributed by atoms with E-state index in [1.165, 1.54) is 0 Å². The maximum atomic E-state index is 9.34. The lowest BCUT2D eigenvalue weighted by Crippen LogP contribution is -2.09. The van der Waals surface area contributed by atoms with Gasteiger partial charge in [-0.05, 0) is 37.6 Å². The van der Waals surface area contributed by atoms with E-state index in [0.717, 1.165) is 22.0 Å². The molecule has 0 saturated heterocycles. The van der Waals surface area contributed by atoms with Gasteiger partial charge in [-0.15, -0.1) is 0 Å². The summed E-state index contributed by atoms with van der Waals surface area (Å²) in [7, 11) is 1.59. The number of aliphatic hydroxyl groups excluding tert-OH is 1. The lowest BCUT2D eigenvalue weighted by atomic mass is 10.1. The van der Waals surface area contributed by atoms with Crippen LogP contribution in [0.25, 0.3) is 10.9 Å². The SMILES string of the molecule is CCOC(OCC)c1cnc2c(OC)cc(CO)cc2c1. The van der Waals surface area contributed by atoms with Gasteiger partial charge in [-0.2, -0.15) is 0 Å². The van der Waals surface area contributed by atoms with Crippen LogP contribution in [0, 0.1) is 0 Å². The van der Waals surface area contributed by atoms with E-state index in [1.807, 2.05) is 26.0 Å². The van der Waals surface area contributed by atoms with E-state index in [9.17, 15) is 5.11 Å². The second-order valence-electron chi connectivity index (χ2n) is 4.54. The molecule has 0 spiro atoms. The molecule has 2 aromatic rings. The molecule has 1 aromatic heterocycles. The average Bonchev–Trinajstić information content (AvgIpc) is 2.52. The van der Waals surface area contributed by atoms with Crippen LogP contribution in [0.4, 0.5) is 0 Å². The predicted octanol–water partition coefficient (Wildman–Crippen LogP) is 2.81. The van der Waals surface area contributed by atoms with Gasteiger partial charge in [0.1, 0.15) is 11.3 Å². The molecular weight excluding hydrogens is 270 g/mol. The Bertz CT molecular complexity index is 594. The second-order valence-corrected chi connectivity index (χ2v) is 4.54. The molecule has 0 bridgehead atoms. The maximum absolute atomic E-state index is 9.34. The van der Waals surface area contributed by atoms with Crippen molar-refractivity contribution in [1.82, 2.24) is 4.98 Å². The zero-order valence-electron chi connectivity index (χ0n) is 12.6. The second kappa shape index (κ2) is 7.36. The fraction of sp³-hybridized carbons (Fsp3) is 0.438. The predicted molar refractivity (Wildman–Crippen MR) is 80.2 cm³/mol. The Morgan fingerprint density at radius 2 is 1.86 bits per heavy atom. The van der Waals surface area contributed by atoms with Crippen molar-refractivity contribution in [1.29, 1.82) is 0 Å². The molecule has 0 aliphatic heterocycles. The van der Waals surface area contributed by atoms with E-state index in [1.54, 1.807) is 19.4 Å². The fourth-order valence-corrected chi connectivity index (χ4v) is 2.21. The maximum Gasteiger partial charge on any atom is 0.185 e. The monoisotopic (exact) mass is 291 g/mol. The number of rotatable bonds is 7. The van der Waals surface area contributed by atoms with Crippen LogP contribution < -0.4 is 4.74 Å². The van der Waals surface area contributed by atoms with Crippen LogP contribution >= 0.6 is 0 Å². The van der Waals surface area contributed by atoms with Gasteiger partial charge in [0.25, 0.3) is 0 Å². The highest BCUT2D eigenvalue weighted by Gasteiger charge is 2.14. The highest BCUT2D eigenvalue weighted by atomic mass is 16.7. The van der Waals surface area contributed by atoms with E-state index in [0.29, 0.717) is 19.0 Å². The van der Waals surface area contributed by atoms with Crippen LogP contribution in [0.2, 0.25) is 0 Å². The van der Waals surface area contributed by atoms with Crippen molar-refractivity contribution in [2.45, 2.75) is 26.7 Å². The number of fused-ring (bicyclic) bond motifs is 1. The van der Waals surface area contributed by atoms with Gasteiger partial charge in [-0.3, -0.25) is 4.98 Å². The van der Waals surface area contributed by atoms with Gasteiger partial charge in [0.05, 0.1) is 13.7 Å². The summed E-state index contributed by atoms with van der Waals surface area (Å²) in [4.78, 5) is 4.45. The van der Waals surface area contributed by atoms with Crippen molar-refractivity contribution >= 4 is 10.9 Å². The first-order valence-corrected chi connectivity index (χ1v) is 7.04. The minimum atomic E-state index is -0.430. The quantitative estimate of drug-likeness (QED) is 0.795. The van der Waals surface area contributed by atoms with Crippen molar-refractivity contribution in [2.75, 3.05) is 20.3 Å². The number of methoxy groups -OCH3 is 1. The minimum Gasteiger partial charge on any atom is -0.494 e. The van der Waals surface area contributed by atoms with Crippen molar-refractivity contribution < 1.29 is 19.3 Å². The molecule has 0 atom stereocenters. The summed E-state index contributed by atoms with van der Waals surface area (Å²) in [5, 5.41) is 10.2. The van der Waals surface area contributed by atoms with E-state index in [-0.39, 0.29) is 6.61 Å². The lowest BCUT2D eigenvalue weighted by Gasteiger charge is -2.17. The Balaban J connectivity index is 2.48. The molecule has 1 heterocycles. The molecule has 1 aromatic carbocycles. The molecule has 2 rings (SSSR count). The minimum absolute atomic E-state index is 0.0448. The van der Waals surface area contributed by atoms with Crippen molar-refractivity contribution in [3.63, 3.8) is 0 Å². The van der Waals surface area contributed by atoms with Crippen molar-refractivity contribution in [3.05, 3.63) is 35.5 Å². The number of nitrogens with zero attached hydrogens (tertiary/aromatic N) is 1. The largest absolute Gasteiger partial charge is 0.494 e. The fourth-order valence-electron chi connectivity index (χ4n) is 2.21. The van der Waals surface area contributed by atoms with Crippen molar-refractivity contribution in [2.24, 2.45) is 0 Å².